The van der Waals surface area contributed by atoms with E-state index < -0.39 is 24.6 Å². The standard InChI is InChI=1S/C24H23F3N4O2/c1-13(2)11-30-12-14(10-28-30)16-7-20-18(8-17(16)25)29-23-21(32)9-19(31(20)23)15-5-3-4-6-22(15)33-24(26)27/h3-8,10,12-13,19,21,24,32H,9,11H2,1-2H3/t19-,21?/m0/s1. The van der Waals surface area contributed by atoms with Gasteiger partial charge in [0.25, 0.3) is 0 Å². The summed E-state index contributed by atoms with van der Waals surface area (Å²) in [7, 11) is 0. The number of halogens is 3. The predicted octanol–water partition coefficient (Wildman–Crippen LogP) is 5.32. The lowest BCUT2D eigenvalue weighted by atomic mass is 10.0. The first-order valence-electron chi connectivity index (χ1n) is 10.8. The molecule has 0 bridgehead atoms. The summed E-state index contributed by atoms with van der Waals surface area (Å²) in [5.41, 5.74) is 2.48. The van der Waals surface area contributed by atoms with Crippen LogP contribution < -0.4 is 4.74 Å². The van der Waals surface area contributed by atoms with Gasteiger partial charge in [-0.25, -0.2) is 9.37 Å². The van der Waals surface area contributed by atoms with E-state index in [0.29, 0.717) is 46.0 Å². The van der Waals surface area contributed by atoms with Crippen LogP contribution in [0.25, 0.3) is 22.2 Å². The first-order valence-corrected chi connectivity index (χ1v) is 10.8. The largest absolute Gasteiger partial charge is 0.434 e. The van der Waals surface area contributed by atoms with E-state index in [0.717, 1.165) is 0 Å². The summed E-state index contributed by atoms with van der Waals surface area (Å²) in [6.07, 6.45) is 2.75. The molecule has 4 aromatic rings. The molecule has 33 heavy (non-hydrogen) atoms. The minimum atomic E-state index is -2.97. The van der Waals surface area contributed by atoms with Crippen LogP contribution in [0, 0.1) is 11.7 Å². The van der Waals surface area contributed by atoms with Crippen LogP contribution in [0.5, 0.6) is 5.75 Å². The lowest BCUT2D eigenvalue weighted by Gasteiger charge is -2.19. The van der Waals surface area contributed by atoms with Crippen molar-refractivity contribution in [3.05, 3.63) is 66.0 Å². The summed E-state index contributed by atoms with van der Waals surface area (Å²) in [4.78, 5) is 4.44. The van der Waals surface area contributed by atoms with Crippen LogP contribution in [-0.2, 0) is 6.54 Å². The van der Waals surface area contributed by atoms with Crippen molar-refractivity contribution in [1.29, 1.82) is 0 Å². The van der Waals surface area contributed by atoms with Gasteiger partial charge in [0.2, 0.25) is 0 Å². The van der Waals surface area contributed by atoms with Gasteiger partial charge in [-0.05, 0) is 18.1 Å². The Morgan fingerprint density at radius 3 is 2.76 bits per heavy atom. The number of nitrogens with zero attached hydrogens (tertiary/aromatic N) is 4. The molecule has 2 aromatic carbocycles. The monoisotopic (exact) mass is 456 g/mol. The average Bonchev–Trinajstić information content (AvgIpc) is 3.43. The van der Waals surface area contributed by atoms with Gasteiger partial charge in [0, 0.05) is 41.9 Å². The molecular formula is C24H23F3N4O2. The minimum Gasteiger partial charge on any atom is -0.434 e. The maximum absolute atomic E-state index is 15.0. The summed E-state index contributed by atoms with van der Waals surface area (Å²) >= 11 is 0. The van der Waals surface area contributed by atoms with Crippen molar-refractivity contribution in [3.63, 3.8) is 0 Å². The van der Waals surface area contributed by atoms with Gasteiger partial charge in [-0.2, -0.15) is 13.9 Å². The van der Waals surface area contributed by atoms with Crippen LogP contribution in [0.3, 0.4) is 0 Å². The Bertz CT molecular complexity index is 1310. The molecule has 0 amide bonds. The third-order valence-electron chi connectivity index (χ3n) is 5.85. The quantitative estimate of drug-likeness (QED) is 0.426. The molecule has 0 radical (unpaired) electrons. The van der Waals surface area contributed by atoms with Gasteiger partial charge in [0.15, 0.2) is 0 Å². The molecule has 172 valence electrons. The van der Waals surface area contributed by atoms with Crippen LogP contribution >= 0.6 is 0 Å². The second-order valence-corrected chi connectivity index (χ2v) is 8.69. The number of aromatic nitrogens is 4. The molecule has 2 atom stereocenters. The molecule has 6 nitrogen and oxygen atoms in total. The smallest absolute Gasteiger partial charge is 0.387 e. The SMILES string of the molecule is CC(C)Cn1cc(-c2cc3c(cc2F)nc2n3[C@H](c3ccccc3OC(F)F)CC2O)cn1. The Kier molecular flexibility index (Phi) is 5.36. The second kappa shape index (κ2) is 8.22. The lowest BCUT2D eigenvalue weighted by Crippen LogP contribution is -2.10. The number of aliphatic hydroxyl groups is 1. The lowest BCUT2D eigenvalue weighted by molar-refractivity contribution is -0.0507. The summed E-state index contributed by atoms with van der Waals surface area (Å²) in [5.74, 6) is 0.349. The van der Waals surface area contributed by atoms with Crippen molar-refractivity contribution < 1.29 is 23.0 Å². The highest BCUT2D eigenvalue weighted by Gasteiger charge is 2.36. The first-order chi connectivity index (χ1) is 15.8. The zero-order valence-corrected chi connectivity index (χ0v) is 18.1. The van der Waals surface area contributed by atoms with Gasteiger partial charge in [-0.15, -0.1) is 0 Å². The molecule has 1 aliphatic rings. The number of fused-ring (bicyclic) bond motifs is 3. The summed E-state index contributed by atoms with van der Waals surface area (Å²) < 4.78 is 49.3. The molecule has 1 unspecified atom stereocenters. The summed E-state index contributed by atoms with van der Waals surface area (Å²) in [6.45, 7) is 1.88. The molecule has 0 saturated heterocycles. The van der Waals surface area contributed by atoms with Gasteiger partial charge in [-0.3, -0.25) is 4.68 Å². The van der Waals surface area contributed by atoms with Gasteiger partial charge in [0.05, 0.1) is 23.3 Å². The number of para-hydroxylation sites is 1. The highest BCUT2D eigenvalue weighted by Crippen LogP contribution is 2.44. The third-order valence-corrected chi connectivity index (χ3v) is 5.85. The fourth-order valence-corrected chi connectivity index (χ4v) is 4.54. The van der Waals surface area contributed by atoms with Crippen molar-refractivity contribution in [2.75, 3.05) is 0 Å². The highest BCUT2D eigenvalue weighted by molar-refractivity contribution is 5.83. The molecule has 5 rings (SSSR count). The van der Waals surface area contributed by atoms with E-state index in [-0.39, 0.29) is 12.2 Å². The zero-order valence-electron chi connectivity index (χ0n) is 18.1. The Morgan fingerprint density at radius 1 is 1.21 bits per heavy atom. The van der Waals surface area contributed by atoms with Gasteiger partial charge in [0.1, 0.15) is 23.5 Å². The fourth-order valence-electron chi connectivity index (χ4n) is 4.54. The van der Waals surface area contributed by atoms with Gasteiger partial charge >= 0.3 is 6.61 Å². The minimum absolute atomic E-state index is 0.0386. The Balaban J connectivity index is 1.63. The molecule has 0 saturated carbocycles. The number of benzene rings is 2. The predicted molar refractivity (Wildman–Crippen MR) is 117 cm³/mol. The second-order valence-electron chi connectivity index (χ2n) is 8.69. The molecule has 3 heterocycles. The number of rotatable bonds is 6. The van der Waals surface area contributed by atoms with Crippen LogP contribution in [0.2, 0.25) is 0 Å². The molecular weight excluding hydrogens is 433 g/mol. The number of aliphatic hydroxyl groups excluding tert-OH is 1. The molecule has 9 heteroatoms. The Morgan fingerprint density at radius 2 is 2.00 bits per heavy atom. The number of hydrogen-bond donors (Lipinski definition) is 1. The number of imidazole rings is 1. The fraction of sp³-hybridized carbons (Fsp3) is 0.333. The van der Waals surface area contributed by atoms with Crippen molar-refractivity contribution >= 4 is 11.0 Å². The molecule has 1 N–H and O–H groups in total. The number of ether oxygens (including phenoxy) is 1. The van der Waals surface area contributed by atoms with Crippen molar-refractivity contribution in [2.24, 2.45) is 5.92 Å². The normalized spacial score (nSPS) is 17.9. The first kappa shape index (κ1) is 21.5. The topological polar surface area (TPSA) is 65.1 Å². The molecule has 0 aliphatic carbocycles. The molecule has 1 aliphatic heterocycles. The maximum Gasteiger partial charge on any atom is 0.387 e. The third kappa shape index (κ3) is 3.86. The van der Waals surface area contributed by atoms with E-state index in [1.807, 2.05) is 0 Å². The highest BCUT2D eigenvalue weighted by atomic mass is 19.3. The van der Waals surface area contributed by atoms with E-state index in [9.17, 15) is 13.9 Å². The molecule has 0 spiro atoms. The zero-order chi connectivity index (χ0) is 23.3. The van der Waals surface area contributed by atoms with Crippen molar-refractivity contribution in [3.8, 4) is 16.9 Å². The van der Waals surface area contributed by atoms with E-state index in [1.54, 1.807) is 45.9 Å². The molecule has 2 aromatic heterocycles. The number of hydrogen-bond acceptors (Lipinski definition) is 4. The van der Waals surface area contributed by atoms with Crippen molar-refractivity contribution in [1.82, 2.24) is 19.3 Å². The van der Waals surface area contributed by atoms with E-state index >= 15 is 4.39 Å². The van der Waals surface area contributed by atoms with Crippen LogP contribution in [0.15, 0.2) is 48.8 Å². The maximum atomic E-state index is 15.0. The van der Waals surface area contributed by atoms with Crippen molar-refractivity contribution in [2.45, 2.75) is 45.6 Å². The van der Waals surface area contributed by atoms with Crippen LogP contribution in [0.1, 0.15) is 43.8 Å². The van der Waals surface area contributed by atoms with E-state index in [2.05, 4.69) is 23.9 Å². The summed E-state index contributed by atoms with van der Waals surface area (Å²) in [5, 5.41) is 15.0. The van der Waals surface area contributed by atoms with Gasteiger partial charge in [-0.1, -0.05) is 32.0 Å². The van der Waals surface area contributed by atoms with Crippen LogP contribution in [0.4, 0.5) is 13.2 Å². The number of alkyl halides is 2. The Labute approximate surface area is 188 Å². The van der Waals surface area contributed by atoms with E-state index in [1.165, 1.54) is 12.1 Å². The Hall–Kier alpha value is -3.33. The van der Waals surface area contributed by atoms with E-state index in [4.69, 9.17) is 4.74 Å². The van der Waals surface area contributed by atoms with Gasteiger partial charge < -0.3 is 14.4 Å². The average molecular weight is 456 g/mol. The molecule has 0 fully saturated rings. The summed E-state index contributed by atoms with van der Waals surface area (Å²) in [6, 6.07) is 9.03. The van der Waals surface area contributed by atoms with Crippen LogP contribution in [-0.4, -0.2) is 31.0 Å².